The Hall–Kier alpha value is -5.54. The molecule has 4 aromatic rings. The van der Waals surface area contributed by atoms with Crippen molar-refractivity contribution in [3.63, 3.8) is 0 Å². The van der Waals surface area contributed by atoms with Crippen LogP contribution >= 0.6 is 11.6 Å². The van der Waals surface area contributed by atoms with E-state index in [2.05, 4.69) is 50.6 Å². The summed E-state index contributed by atoms with van der Waals surface area (Å²) in [6.07, 6.45) is 8.88. The molecule has 338 valence electrons. The lowest BCUT2D eigenvalue weighted by molar-refractivity contribution is -0.137. The number of ether oxygens (including phenoxy) is 1. The summed E-state index contributed by atoms with van der Waals surface area (Å²) in [5, 5.41) is 9.46. The number of nitrogens with zero attached hydrogens (tertiary/aromatic N) is 6. The van der Waals surface area contributed by atoms with Crippen LogP contribution < -0.4 is 31.1 Å². The van der Waals surface area contributed by atoms with Crippen molar-refractivity contribution in [1.82, 2.24) is 35.0 Å². The zero-order chi connectivity index (χ0) is 45.1. The molecule has 4 aliphatic heterocycles. The minimum absolute atomic E-state index is 0.0691. The van der Waals surface area contributed by atoms with Gasteiger partial charge in [-0.15, -0.1) is 0 Å². The Morgan fingerprint density at radius 1 is 1.02 bits per heavy atom. The van der Waals surface area contributed by atoms with E-state index in [0.29, 0.717) is 52.6 Å². The molecule has 64 heavy (non-hydrogen) atoms. The molecule has 3 N–H and O–H groups in total. The second kappa shape index (κ2) is 17.1. The van der Waals surface area contributed by atoms with E-state index in [-0.39, 0.29) is 59.5 Å². The highest BCUT2D eigenvalue weighted by molar-refractivity contribution is 6.33. The third-order valence-electron chi connectivity index (χ3n) is 15.0. The van der Waals surface area contributed by atoms with Crippen molar-refractivity contribution in [2.75, 3.05) is 50.1 Å². The van der Waals surface area contributed by atoms with Crippen molar-refractivity contribution >= 4 is 63.6 Å². The van der Waals surface area contributed by atoms with E-state index in [1.54, 1.807) is 21.7 Å². The number of carbonyl (C=O) groups is 4. The lowest BCUT2D eigenvalue weighted by atomic mass is 9.53. The number of aromatic nitrogens is 3. The Balaban J connectivity index is 0.799. The zero-order valence-corrected chi connectivity index (χ0v) is 38.1. The Morgan fingerprint density at radius 2 is 1.77 bits per heavy atom. The normalized spacial score (nSPS) is 20.7. The standard InChI is InChI=1S/C48H58ClN9O6/c1-28(2)58-37-10-9-32(21-30(37)22-39(45(58)63)64-27-41(60)50-5)52-42-36(49)25-51-46(54-42)55-19-15-48(16-20-55)23-31(24-48)47(3,4)56-17-13-29(14-18-56)33-7-6-8-34-35(33)26-57(44(34)62)38-11-12-40(59)53-43(38)61/h6-10,21-22,25,28-29,31,38H,11-20,23-24,26-27H2,1-5H3,(H,50,60)(H,51,52,54)(H,53,59,61). The number of amides is 4. The number of nitrogens with one attached hydrogen (secondary N) is 3. The van der Waals surface area contributed by atoms with Gasteiger partial charge in [0, 0.05) is 61.3 Å². The third kappa shape index (κ3) is 8.10. The number of likely N-dealkylation sites (tertiary alicyclic amines) is 1. The van der Waals surface area contributed by atoms with Gasteiger partial charge in [-0.2, -0.15) is 4.98 Å². The van der Waals surface area contributed by atoms with Gasteiger partial charge in [0.15, 0.2) is 18.2 Å². The summed E-state index contributed by atoms with van der Waals surface area (Å²) in [5.41, 5.74) is 4.54. The van der Waals surface area contributed by atoms with Crippen LogP contribution in [0, 0.1) is 11.3 Å². The van der Waals surface area contributed by atoms with Crippen molar-refractivity contribution < 1.29 is 23.9 Å². The van der Waals surface area contributed by atoms with E-state index in [9.17, 15) is 24.0 Å². The monoisotopic (exact) mass is 891 g/mol. The Labute approximate surface area is 378 Å². The van der Waals surface area contributed by atoms with E-state index >= 15 is 0 Å². The topological polar surface area (TPSA) is 171 Å². The second-order valence-corrected chi connectivity index (χ2v) is 19.7. The van der Waals surface area contributed by atoms with E-state index in [1.165, 1.54) is 25.5 Å². The molecule has 9 rings (SSSR count). The first-order valence-corrected chi connectivity index (χ1v) is 23.1. The molecule has 3 saturated heterocycles. The molecule has 1 unspecified atom stereocenters. The fourth-order valence-electron chi connectivity index (χ4n) is 11.1. The van der Waals surface area contributed by atoms with Crippen molar-refractivity contribution in [2.24, 2.45) is 11.3 Å². The van der Waals surface area contributed by atoms with Gasteiger partial charge < -0.3 is 29.7 Å². The highest BCUT2D eigenvalue weighted by Gasteiger charge is 2.53. The lowest BCUT2D eigenvalue weighted by Crippen LogP contribution is -2.59. The average Bonchev–Trinajstić information content (AvgIpc) is 3.61. The fraction of sp³-hybridized carbons (Fsp3) is 0.521. The highest BCUT2D eigenvalue weighted by Crippen LogP contribution is 2.57. The van der Waals surface area contributed by atoms with Crippen LogP contribution in [0.25, 0.3) is 10.9 Å². The fourth-order valence-corrected chi connectivity index (χ4v) is 11.2. The molecule has 2 aromatic heterocycles. The maximum atomic E-state index is 13.5. The van der Waals surface area contributed by atoms with Gasteiger partial charge in [0.05, 0.1) is 11.7 Å². The van der Waals surface area contributed by atoms with E-state index in [4.69, 9.17) is 21.3 Å². The van der Waals surface area contributed by atoms with Gasteiger partial charge in [-0.05, 0) is 144 Å². The summed E-state index contributed by atoms with van der Waals surface area (Å²) < 4.78 is 7.30. The van der Waals surface area contributed by atoms with Crippen molar-refractivity contribution in [1.29, 1.82) is 0 Å². The molecule has 4 fully saturated rings. The van der Waals surface area contributed by atoms with Crippen molar-refractivity contribution in [3.8, 4) is 5.75 Å². The zero-order valence-electron chi connectivity index (χ0n) is 37.3. The number of piperidine rings is 3. The Morgan fingerprint density at radius 3 is 2.47 bits per heavy atom. The SMILES string of the molecule is CNC(=O)COc1cc2cc(Nc3nc(N4CCC5(CC4)CC(C(C)(C)N4CCC(c6cccc7c6CN(C6CCC(=O)NC6=O)C7=O)CC4)C5)ncc3Cl)ccc2n(C(C)C)c1=O. The first-order valence-electron chi connectivity index (χ1n) is 22.7. The third-order valence-corrected chi connectivity index (χ3v) is 15.3. The van der Waals surface area contributed by atoms with Crippen molar-refractivity contribution in [3.05, 3.63) is 80.7 Å². The van der Waals surface area contributed by atoms with Crippen LogP contribution in [0.3, 0.4) is 0 Å². The van der Waals surface area contributed by atoms with Gasteiger partial charge in [0.1, 0.15) is 11.1 Å². The highest BCUT2D eigenvalue weighted by atomic mass is 35.5. The van der Waals surface area contributed by atoms with Gasteiger partial charge in [0.25, 0.3) is 17.4 Å². The van der Waals surface area contributed by atoms with Crippen molar-refractivity contribution in [2.45, 2.75) is 109 Å². The Kier molecular flexibility index (Phi) is 11.7. The molecule has 0 radical (unpaired) electrons. The van der Waals surface area contributed by atoms with E-state index < -0.39 is 6.04 Å². The summed E-state index contributed by atoms with van der Waals surface area (Å²) in [6, 6.07) is 12.7. The van der Waals surface area contributed by atoms with Crippen LogP contribution in [-0.4, -0.2) is 99.4 Å². The van der Waals surface area contributed by atoms with Crippen LogP contribution in [0.4, 0.5) is 17.5 Å². The molecule has 0 bridgehead atoms. The number of likely N-dealkylation sites (N-methyl/N-ethyl adjacent to an activating group) is 1. The second-order valence-electron chi connectivity index (χ2n) is 19.3. The number of halogens is 1. The summed E-state index contributed by atoms with van der Waals surface area (Å²) in [7, 11) is 1.52. The molecule has 2 aromatic carbocycles. The van der Waals surface area contributed by atoms with Gasteiger partial charge in [-0.3, -0.25) is 34.2 Å². The number of anilines is 3. The number of imide groups is 1. The number of carbonyl (C=O) groups excluding carboxylic acids is 4. The maximum absolute atomic E-state index is 13.5. The Bertz CT molecular complexity index is 2570. The summed E-state index contributed by atoms with van der Waals surface area (Å²) in [6.45, 7) is 12.6. The predicted octanol–water partition coefficient (Wildman–Crippen LogP) is 6.31. The minimum atomic E-state index is -0.606. The number of rotatable bonds is 11. The lowest BCUT2D eigenvalue weighted by Gasteiger charge is -2.59. The number of fused-ring (bicyclic) bond motifs is 2. The smallest absolute Gasteiger partial charge is 0.293 e. The van der Waals surface area contributed by atoms with Crippen LogP contribution in [0.2, 0.25) is 5.02 Å². The molecule has 6 heterocycles. The average molecular weight is 893 g/mol. The molecule has 1 atom stereocenters. The van der Waals surface area contributed by atoms with Gasteiger partial charge in [-0.1, -0.05) is 23.7 Å². The quantitative estimate of drug-likeness (QED) is 0.144. The maximum Gasteiger partial charge on any atom is 0.293 e. The summed E-state index contributed by atoms with van der Waals surface area (Å²) in [4.78, 5) is 79.2. The molecule has 16 heteroatoms. The first kappa shape index (κ1) is 43.7. The van der Waals surface area contributed by atoms with Gasteiger partial charge in [0.2, 0.25) is 17.8 Å². The predicted molar refractivity (Wildman–Crippen MR) is 245 cm³/mol. The van der Waals surface area contributed by atoms with Gasteiger partial charge >= 0.3 is 0 Å². The summed E-state index contributed by atoms with van der Waals surface area (Å²) in [5.74, 6) is 1.10. The van der Waals surface area contributed by atoms with Gasteiger partial charge in [-0.25, -0.2) is 4.98 Å². The van der Waals surface area contributed by atoms with Crippen LogP contribution in [0.5, 0.6) is 5.75 Å². The van der Waals surface area contributed by atoms with Crippen LogP contribution in [0.15, 0.2) is 53.5 Å². The van der Waals surface area contributed by atoms with Crippen LogP contribution in [-0.2, 0) is 20.9 Å². The summed E-state index contributed by atoms with van der Waals surface area (Å²) >= 11 is 6.66. The molecule has 1 saturated carbocycles. The molecule has 1 spiro atoms. The minimum Gasteiger partial charge on any atom is -0.478 e. The van der Waals surface area contributed by atoms with E-state index in [0.717, 1.165) is 74.0 Å². The molecule has 4 amide bonds. The van der Waals surface area contributed by atoms with E-state index in [1.807, 2.05) is 44.2 Å². The molecular formula is C48H58ClN9O6. The first-order chi connectivity index (χ1) is 30.6. The number of hydrogen-bond acceptors (Lipinski definition) is 11. The molecule has 5 aliphatic rings. The molecule has 1 aliphatic carbocycles. The van der Waals surface area contributed by atoms with Crippen LogP contribution in [0.1, 0.15) is 113 Å². The number of hydrogen-bond donors (Lipinski definition) is 3. The number of pyridine rings is 1. The molecular weight excluding hydrogens is 834 g/mol. The largest absolute Gasteiger partial charge is 0.478 e. The molecule has 15 nitrogen and oxygen atoms in total. The number of benzene rings is 2.